The van der Waals surface area contributed by atoms with E-state index in [9.17, 15) is 13.2 Å². The van der Waals surface area contributed by atoms with Gasteiger partial charge in [-0.3, -0.25) is 4.79 Å². The van der Waals surface area contributed by atoms with Gasteiger partial charge in [0.2, 0.25) is 10.0 Å². The molecule has 2 aromatic rings. The number of sulfonamides is 1. The predicted molar refractivity (Wildman–Crippen MR) is 94.8 cm³/mol. The van der Waals surface area contributed by atoms with Crippen LogP contribution in [0.2, 0.25) is 0 Å². The Kier molecular flexibility index (Phi) is 5.03. The van der Waals surface area contributed by atoms with Crippen LogP contribution in [0, 0.1) is 6.92 Å². The normalized spacial score (nSPS) is 16.8. The van der Waals surface area contributed by atoms with Gasteiger partial charge in [0.15, 0.2) is 0 Å². The van der Waals surface area contributed by atoms with Gasteiger partial charge in [0.1, 0.15) is 0 Å². The first-order valence-corrected chi connectivity index (χ1v) is 10.2. The summed E-state index contributed by atoms with van der Waals surface area (Å²) in [5.74, 6) is -0.0141. The van der Waals surface area contributed by atoms with Crippen LogP contribution in [-0.4, -0.2) is 49.7 Å². The molecule has 1 aromatic carbocycles. The molecule has 2 heterocycles. The SMILES string of the molecule is Cc1cccc(S(=O)(=O)N2CCCN(C(=O)c3cccs3)CC2)c1. The molecule has 0 bridgehead atoms. The van der Waals surface area contributed by atoms with E-state index in [4.69, 9.17) is 0 Å². The summed E-state index contributed by atoms with van der Waals surface area (Å²) in [6.07, 6.45) is 0.641. The number of thiophene rings is 1. The molecule has 1 fully saturated rings. The largest absolute Gasteiger partial charge is 0.337 e. The van der Waals surface area contributed by atoms with E-state index in [1.807, 2.05) is 24.4 Å². The zero-order chi connectivity index (χ0) is 17.2. The molecule has 0 atom stereocenters. The minimum Gasteiger partial charge on any atom is -0.337 e. The fourth-order valence-electron chi connectivity index (χ4n) is 2.82. The van der Waals surface area contributed by atoms with Crippen LogP contribution in [0.1, 0.15) is 21.7 Å². The average Bonchev–Trinajstić information content (AvgIpc) is 2.98. The van der Waals surface area contributed by atoms with Gasteiger partial charge in [0, 0.05) is 26.2 Å². The molecule has 5 nitrogen and oxygen atoms in total. The highest BCUT2D eigenvalue weighted by molar-refractivity contribution is 7.89. The summed E-state index contributed by atoms with van der Waals surface area (Å²) in [5.41, 5.74) is 0.917. The van der Waals surface area contributed by atoms with Crippen LogP contribution in [0.5, 0.6) is 0 Å². The first kappa shape index (κ1) is 17.1. The Morgan fingerprint density at radius 1 is 1.08 bits per heavy atom. The van der Waals surface area contributed by atoms with Gasteiger partial charge in [-0.2, -0.15) is 4.31 Å². The number of aryl methyl sites for hydroxylation is 1. The summed E-state index contributed by atoms with van der Waals surface area (Å²) in [6, 6.07) is 10.6. The maximum absolute atomic E-state index is 12.8. The predicted octanol–water partition coefficient (Wildman–Crippen LogP) is 2.59. The van der Waals surface area contributed by atoms with Gasteiger partial charge in [0.05, 0.1) is 9.77 Å². The molecule has 7 heteroatoms. The third-order valence-electron chi connectivity index (χ3n) is 4.10. The van der Waals surface area contributed by atoms with Gasteiger partial charge >= 0.3 is 0 Å². The highest BCUT2D eigenvalue weighted by Crippen LogP contribution is 2.20. The highest BCUT2D eigenvalue weighted by Gasteiger charge is 2.28. The van der Waals surface area contributed by atoms with Gasteiger partial charge in [-0.1, -0.05) is 18.2 Å². The van der Waals surface area contributed by atoms with Crippen molar-refractivity contribution in [3.8, 4) is 0 Å². The Morgan fingerprint density at radius 3 is 2.62 bits per heavy atom. The summed E-state index contributed by atoms with van der Waals surface area (Å²) < 4.78 is 27.1. The summed E-state index contributed by atoms with van der Waals surface area (Å²) in [6.45, 7) is 3.64. The number of hydrogen-bond acceptors (Lipinski definition) is 4. The number of benzene rings is 1. The monoisotopic (exact) mass is 364 g/mol. The molecule has 0 saturated carbocycles. The topological polar surface area (TPSA) is 57.7 Å². The van der Waals surface area contributed by atoms with Crippen molar-refractivity contribution in [3.05, 3.63) is 52.2 Å². The van der Waals surface area contributed by atoms with E-state index in [0.29, 0.717) is 42.4 Å². The first-order valence-electron chi connectivity index (χ1n) is 7.88. The zero-order valence-corrected chi connectivity index (χ0v) is 15.1. The van der Waals surface area contributed by atoms with Gasteiger partial charge in [-0.25, -0.2) is 8.42 Å². The lowest BCUT2D eigenvalue weighted by atomic mass is 10.2. The lowest BCUT2D eigenvalue weighted by Crippen LogP contribution is -2.37. The molecule has 0 aliphatic carbocycles. The van der Waals surface area contributed by atoms with Crippen LogP contribution in [0.25, 0.3) is 0 Å². The summed E-state index contributed by atoms with van der Waals surface area (Å²) in [5, 5.41) is 1.87. The average molecular weight is 364 g/mol. The van der Waals surface area contributed by atoms with Crippen molar-refractivity contribution >= 4 is 27.3 Å². The van der Waals surface area contributed by atoms with Crippen molar-refractivity contribution in [2.24, 2.45) is 0 Å². The van der Waals surface area contributed by atoms with Crippen LogP contribution in [-0.2, 0) is 10.0 Å². The molecule has 1 aliphatic rings. The van der Waals surface area contributed by atoms with Crippen LogP contribution < -0.4 is 0 Å². The molecule has 3 rings (SSSR count). The zero-order valence-electron chi connectivity index (χ0n) is 13.5. The third-order valence-corrected chi connectivity index (χ3v) is 6.85. The highest BCUT2D eigenvalue weighted by atomic mass is 32.2. The molecular formula is C17H20N2O3S2. The summed E-state index contributed by atoms with van der Waals surface area (Å²) >= 11 is 1.41. The molecule has 0 N–H and O–H groups in total. The molecule has 128 valence electrons. The van der Waals surface area contributed by atoms with E-state index in [-0.39, 0.29) is 5.91 Å². The smallest absolute Gasteiger partial charge is 0.263 e. The quantitative estimate of drug-likeness (QED) is 0.841. The van der Waals surface area contributed by atoms with E-state index in [2.05, 4.69) is 0 Å². The Bertz CT molecular complexity index is 816. The molecule has 1 amide bonds. The molecule has 0 spiro atoms. The van der Waals surface area contributed by atoms with E-state index in [0.717, 1.165) is 5.56 Å². The molecular weight excluding hydrogens is 344 g/mol. The van der Waals surface area contributed by atoms with Gasteiger partial charge in [-0.15, -0.1) is 11.3 Å². The minimum absolute atomic E-state index is 0.0141. The molecule has 1 aromatic heterocycles. The minimum atomic E-state index is -3.51. The van der Waals surface area contributed by atoms with Crippen molar-refractivity contribution < 1.29 is 13.2 Å². The van der Waals surface area contributed by atoms with E-state index >= 15 is 0 Å². The van der Waals surface area contributed by atoms with Gasteiger partial charge in [-0.05, 0) is 42.5 Å². The maximum Gasteiger partial charge on any atom is 0.263 e. The number of carbonyl (C=O) groups excluding carboxylic acids is 1. The molecule has 1 aliphatic heterocycles. The van der Waals surface area contributed by atoms with E-state index in [1.54, 1.807) is 29.2 Å². The number of amides is 1. The van der Waals surface area contributed by atoms with Crippen molar-refractivity contribution in [2.75, 3.05) is 26.2 Å². The Balaban J connectivity index is 1.74. The summed E-state index contributed by atoms with van der Waals surface area (Å²) in [4.78, 5) is 15.2. The number of nitrogens with zero attached hydrogens (tertiary/aromatic N) is 2. The van der Waals surface area contributed by atoms with Crippen molar-refractivity contribution in [3.63, 3.8) is 0 Å². The second-order valence-electron chi connectivity index (χ2n) is 5.84. The lowest BCUT2D eigenvalue weighted by molar-refractivity contribution is 0.0769. The fourth-order valence-corrected chi connectivity index (χ4v) is 5.08. The fraction of sp³-hybridized carbons (Fsp3) is 0.353. The standard InChI is InChI=1S/C17H20N2O3S2/c1-14-5-2-6-15(13-14)24(21,22)19-9-4-8-18(10-11-19)17(20)16-7-3-12-23-16/h2-3,5-7,12-13H,4,8-11H2,1H3. The number of rotatable bonds is 3. The van der Waals surface area contributed by atoms with Crippen molar-refractivity contribution in [2.45, 2.75) is 18.2 Å². The summed E-state index contributed by atoms with van der Waals surface area (Å²) in [7, 11) is -3.51. The number of carbonyl (C=O) groups is 1. The lowest BCUT2D eigenvalue weighted by Gasteiger charge is -2.21. The molecule has 0 radical (unpaired) electrons. The Hall–Kier alpha value is -1.70. The third kappa shape index (κ3) is 3.53. The second-order valence-corrected chi connectivity index (χ2v) is 8.73. The molecule has 1 saturated heterocycles. The number of hydrogen-bond donors (Lipinski definition) is 0. The van der Waals surface area contributed by atoms with E-state index < -0.39 is 10.0 Å². The van der Waals surface area contributed by atoms with Crippen molar-refractivity contribution in [1.29, 1.82) is 0 Å². The van der Waals surface area contributed by atoms with E-state index in [1.165, 1.54) is 15.6 Å². The van der Waals surface area contributed by atoms with Crippen molar-refractivity contribution in [1.82, 2.24) is 9.21 Å². The Morgan fingerprint density at radius 2 is 1.92 bits per heavy atom. The Labute approximate surface area is 146 Å². The first-order chi connectivity index (χ1) is 11.5. The van der Waals surface area contributed by atoms with Gasteiger partial charge < -0.3 is 4.90 Å². The van der Waals surface area contributed by atoms with Crippen LogP contribution in [0.4, 0.5) is 0 Å². The van der Waals surface area contributed by atoms with Crippen LogP contribution >= 0.6 is 11.3 Å². The van der Waals surface area contributed by atoms with Crippen LogP contribution in [0.3, 0.4) is 0 Å². The molecule has 24 heavy (non-hydrogen) atoms. The molecule has 0 unspecified atom stereocenters. The maximum atomic E-state index is 12.8. The second kappa shape index (κ2) is 7.04. The van der Waals surface area contributed by atoms with Gasteiger partial charge in [0.25, 0.3) is 5.91 Å². The van der Waals surface area contributed by atoms with Crippen LogP contribution in [0.15, 0.2) is 46.7 Å².